The van der Waals surface area contributed by atoms with Gasteiger partial charge in [-0.05, 0) is 150 Å². The van der Waals surface area contributed by atoms with Crippen LogP contribution < -0.4 is 4.90 Å². The molecule has 0 fully saturated rings. The number of para-hydroxylation sites is 2. The summed E-state index contributed by atoms with van der Waals surface area (Å²) in [6.07, 6.45) is 0. The molecule has 0 radical (unpaired) electrons. The fraction of sp³-hybridized carbons (Fsp3) is 0. The molecule has 288 valence electrons. The van der Waals surface area contributed by atoms with Gasteiger partial charge in [0, 0.05) is 33.5 Å². The van der Waals surface area contributed by atoms with Gasteiger partial charge in [0.05, 0.1) is 11.0 Å². The zero-order valence-corrected chi connectivity index (χ0v) is 33.8. The van der Waals surface area contributed by atoms with E-state index in [0.29, 0.717) is 0 Å². The molecule has 11 aromatic carbocycles. The fourth-order valence-electron chi connectivity index (χ4n) is 10.2. The van der Waals surface area contributed by atoms with Crippen molar-refractivity contribution in [3.8, 4) is 50.2 Å². The highest BCUT2D eigenvalue weighted by Gasteiger charge is 2.23. The number of anilines is 3. The van der Waals surface area contributed by atoms with Crippen molar-refractivity contribution in [3.05, 3.63) is 231 Å². The van der Waals surface area contributed by atoms with Gasteiger partial charge in [-0.3, -0.25) is 0 Å². The predicted octanol–water partition coefficient (Wildman–Crippen LogP) is 16.7. The van der Waals surface area contributed by atoms with E-state index in [9.17, 15) is 0 Å². The average molecular weight is 787 g/mol. The van der Waals surface area contributed by atoms with Gasteiger partial charge < -0.3 is 9.47 Å². The van der Waals surface area contributed by atoms with Gasteiger partial charge >= 0.3 is 0 Å². The molecule has 1 heterocycles. The smallest absolute Gasteiger partial charge is 0.0541 e. The molecular formula is C60H38N2. The summed E-state index contributed by atoms with van der Waals surface area (Å²) in [5.41, 5.74) is 16.8. The molecule has 62 heavy (non-hydrogen) atoms. The second-order valence-corrected chi connectivity index (χ2v) is 16.5. The van der Waals surface area contributed by atoms with E-state index in [2.05, 4.69) is 240 Å². The molecular weight excluding hydrogens is 749 g/mol. The first-order valence-corrected chi connectivity index (χ1v) is 21.4. The number of fused-ring (bicyclic) bond motifs is 9. The van der Waals surface area contributed by atoms with Gasteiger partial charge in [-0.25, -0.2) is 0 Å². The Morgan fingerprint density at radius 1 is 0.274 bits per heavy atom. The molecule has 0 saturated heterocycles. The Bertz CT molecular complexity index is 3720. The highest BCUT2D eigenvalue weighted by Crippen LogP contribution is 2.49. The third-order valence-electron chi connectivity index (χ3n) is 13.0. The quantitative estimate of drug-likeness (QED) is 0.152. The fourth-order valence-corrected chi connectivity index (χ4v) is 10.2. The van der Waals surface area contributed by atoms with E-state index in [0.717, 1.165) is 22.7 Å². The maximum absolute atomic E-state index is 2.42. The number of nitrogens with zero attached hydrogens (tertiary/aromatic N) is 2. The van der Waals surface area contributed by atoms with Crippen molar-refractivity contribution >= 4 is 71.2 Å². The minimum Gasteiger partial charge on any atom is -0.310 e. The van der Waals surface area contributed by atoms with Crippen LogP contribution in [0.2, 0.25) is 0 Å². The number of rotatable bonds is 6. The van der Waals surface area contributed by atoms with Crippen molar-refractivity contribution in [2.45, 2.75) is 0 Å². The molecule has 2 heteroatoms. The third-order valence-corrected chi connectivity index (χ3v) is 13.0. The average Bonchev–Trinajstić information content (AvgIpc) is 3.85. The van der Waals surface area contributed by atoms with Crippen LogP contribution in [0.15, 0.2) is 231 Å². The van der Waals surface area contributed by atoms with Crippen LogP contribution in [-0.4, -0.2) is 4.57 Å². The highest BCUT2D eigenvalue weighted by atomic mass is 15.1. The topological polar surface area (TPSA) is 8.17 Å². The van der Waals surface area contributed by atoms with Crippen LogP contribution in [0.3, 0.4) is 0 Å². The molecule has 0 amide bonds. The van der Waals surface area contributed by atoms with E-state index in [1.807, 2.05) is 0 Å². The van der Waals surface area contributed by atoms with Gasteiger partial charge in [-0.15, -0.1) is 0 Å². The summed E-state index contributed by atoms with van der Waals surface area (Å²) < 4.78 is 2.41. The number of aromatic nitrogens is 1. The molecule has 1 aliphatic carbocycles. The number of hydrogen-bond donors (Lipinski definition) is 0. The maximum Gasteiger partial charge on any atom is 0.0541 e. The monoisotopic (exact) mass is 786 g/mol. The summed E-state index contributed by atoms with van der Waals surface area (Å²) in [4.78, 5) is 2.42. The first kappa shape index (κ1) is 34.6. The van der Waals surface area contributed by atoms with E-state index >= 15 is 0 Å². The Labute approximate surface area is 359 Å². The first-order chi connectivity index (χ1) is 30.7. The lowest BCUT2D eigenvalue weighted by atomic mass is 9.95. The van der Waals surface area contributed by atoms with Gasteiger partial charge in [0.2, 0.25) is 0 Å². The lowest BCUT2D eigenvalue weighted by Crippen LogP contribution is -2.11. The van der Waals surface area contributed by atoms with Gasteiger partial charge in [0.25, 0.3) is 0 Å². The second kappa shape index (κ2) is 13.7. The minimum absolute atomic E-state index is 1.08. The largest absolute Gasteiger partial charge is 0.310 e. The van der Waals surface area contributed by atoms with E-state index in [1.165, 1.54) is 98.6 Å². The molecule has 12 aromatic rings. The van der Waals surface area contributed by atoms with Crippen LogP contribution in [0.5, 0.6) is 0 Å². The number of hydrogen-bond acceptors (Lipinski definition) is 1. The molecule has 0 aliphatic heterocycles. The molecule has 1 aromatic heterocycles. The lowest BCUT2D eigenvalue weighted by Gasteiger charge is -2.27. The van der Waals surface area contributed by atoms with E-state index in [4.69, 9.17) is 0 Å². The standard InChI is InChI=1S/C60H38N2/c1-2-21-50-39(13-1)29-30-40-31-32-43(36-56(40)50)41-14-9-17-46(34-41)61(48-19-12-20-49(38-48)62-58-27-7-5-24-53(58)54-25-6-8-28-59(54)62)47-18-10-15-42(35-47)45-33-44-16-11-26-55-51-22-3-4-23-52(51)57(37-45)60(44)55/h1-38H. The molecule has 0 atom stereocenters. The normalized spacial score (nSPS) is 11.9. The summed E-state index contributed by atoms with van der Waals surface area (Å²) in [6.45, 7) is 0. The zero-order valence-electron chi connectivity index (χ0n) is 33.8. The minimum atomic E-state index is 1.08. The zero-order chi connectivity index (χ0) is 40.7. The summed E-state index contributed by atoms with van der Waals surface area (Å²) >= 11 is 0. The molecule has 0 N–H and O–H groups in total. The van der Waals surface area contributed by atoms with Crippen molar-refractivity contribution in [2.24, 2.45) is 0 Å². The maximum atomic E-state index is 2.42. The molecule has 13 rings (SSSR count). The van der Waals surface area contributed by atoms with Gasteiger partial charge in [0.1, 0.15) is 0 Å². The predicted molar refractivity (Wildman–Crippen MR) is 263 cm³/mol. The SMILES string of the molecule is c1cc(-c2cc3c4c(cccc4c2)-c2ccccc2-3)cc(N(c2cccc(-c3ccc4ccc5ccccc5c4c3)c2)c2cccc(-n3c4ccccc4c4ccccc43)c2)c1. The highest BCUT2D eigenvalue weighted by molar-refractivity contribution is 6.16. The van der Waals surface area contributed by atoms with Crippen molar-refractivity contribution in [1.29, 1.82) is 0 Å². The molecule has 0 saturated carbocycles. The molecule has 0 spiro atoms. The van der Waals surface area contributed by atoms with Crippen LogP contribution in [0.25, 0.3) is 104 Å². The van der Waals surface area contributed by atoms with Gasteiger partial charge in [0.15, 0.2) is 0 Å². The molecule has 0 unspecified atom stereocenters. The van der Waals surface area contributed by atoms with Crippen LogP contribution in [0.1, 0.15) is 0 Å². The van der Waals surface area contributed by atoms with E-state index in [1.54, 1.807) is 0 Å². The summed E-state index contributed by atoms with van der Waals surface area (Å²) in [7, 11) is 0. The first-order valence-electron chi connectivity index (χ1n) is 21.4. The van der Waals surface area contributed by atoms with Crippen LogP contribution in [-0.2, 0) is 0 Å². The van der Waals surface area contributed by atoms with Crippen LogP contribution in [0, 0.1) is 0 Å². The van der Waals surface area contributed by atoms with Crippen LogP contribution >= 0.6 is 0 Å². The Balaban J connectivity index is 0.997. The lowest BCUT2D eigenvalue weighted by molar-refractivity contribution is 1.17. The Morgan fingerprint density at radius 2 is 0.790 bits per heavy atom. The second-order valence-electron chi connectivity index (χ2n) is 16.5. The number of benzene rings is 11. The van der Waals surface area contributed by atoms with Gasteiger partial charge in [-0.1, -0.05) is 158 Å². The van der Waals surface area contributed by atoms with Crippen molar-refractivity contribution in [3.63, 3.8) is 0 Å². The van der Waals surface area contributed by atoms with Crippen molar-refractivity contribution < 1.29 is 0 Å². The van der Waals surface area contributed by atoms with Crippen molar-refractivity contribution in [1.82, 2.24) is 4.57 Å². The molecule has 1 aliphatic rings. The molecule has 0 bridgehead atoms. The van der Waals surface area contributed by atoms with Gasteiger partial charge in [-0.2, -0.15) is 0 Å². The third kappa shape index (κ3) is 5.37. The Morgan fingerprint density at radius 3 is 1.53 bits per heavy atom. The molecule has 2 nitrogen and oxygen atoms in total. The summed E-state index contributed by atoms with van der Waals surface area (Å²) in [5.74, 6) is 0. The van der Waals surface area contributed by atoms with E-state index in [-0.39, 0.29) is 0 Å². The summed E-state index contributed by atoms with van der Waals surface area (Å²) in [6, 6.07) is 84.9. The Hall–Kier alpha value is -8.20. The van der Waals surface area contributed by atoms with Crippen molar-refractivity contribution in [2.75, 3.05) is 4.90 Å². The van der Waals surface area contributed by atoms with E-state index < -0.39 is 0 Å². The Kier molecular flexibility index (Phi) is 7.64. The summed E-state index contributed by atoms with van der Waals surface area (Å²) in [5, 5.41) is 10.2. The van der Waals surface area contributed by atoms with Crippen LogP contribution in [0.4, 0.5) is 17.1 Å².